The number of rotatable bonds is 4. The van der Waals surface area contributed by atoms with Gasteiger partial charge >= 0.3 is 12.2 Å². The van der Waals surface area contributed by atoms with Crippen LogP contribution in [0.25, 0.3) is 0 Å². The lowest BCUT2D eigenvalue weighted by atomic mass is 10.1. The van der Waals surface area contributed by atoms with E-state index in [4.69, 9.17) is 0 Å². The predicted molar refractivity (Wildman–Crippen MR) is 108 cm³/mol. The van der Waals surface area contributed by atoms with Gasteiger partial charge in [0.25, 0.3) is 0 Å². The number of halogens is 3. The van der Waals surface area contributed by atoms with Gasteiger partial charge in [0.1, 0.15) is 0 Å². The van der Waals surface area contributed by atoms with E-state index in [1.165, 1.54) is 12.1 Å². The van der Waals surface area contributed by atoms with Crippen molar-refractivity contribution in [3.05, 3.63) is 46.5 Å². The summed E-state index contributed by atoms with van der Waals surface area (Å²) in [5, 5.41) is 5.97. The number of benzene rings is 1. The van der Waals surface area contributed by atoms with Gasteiger partial charge in [-0.05, 0) is 44.4 Å². The quantitative estimate of drug-likeness (QED) is 0.792. The van der Waals surface area contributed by atoms with E-state index in [0.717, 1.165) is 48.0 Å². The number of alkyl halides is 3. The van der Waals surface area contributed by atoms with Crippen LogP contribution in [0.1, 0.15) is 30.2 Å². The molecule has 0 aliphatic carbocycles. The van der Waals surface area contributed by atoms with E-state index in [1.54, 1.807) is 16.2 Å². The lowest BCUT2D eigenvalue weighted by molar-refractivity contribution is -0.137. The molecule has 9 heteroatoms. The fraction of sp³-hybridized carbons (Fsp3) is 0.500. The second-order valence-corrected chi connectivity index (χ2v) is 8.19. The third-order valence-electron chi connectivity index (χ3n) is 4.85. The fourth-order valence-electron chi connectivity index (χ4n) is 3.34. The van der Waals surface area contributed by atoms with Gasteiger partial charge in [-0.2, -0.15) is 13.2 Å². The Kier molecular flexibility index (Phi) is 6.66. The molecular formula is C20H25F3N4OS. The van der Waals surface area contributed by atoms with Gasteiger partial charge in [-0.1, -0.05) is 12.1 Å². The number of carbonyl (C=O) groups is 1. The van der Waals surface area contributed by atoms with E-state index in [2.05, 4.69) is 15.2 Å². The minimum Gasteiger partial charge on any atom is -0.346 e. The van der Waals surface area contributed by atoms with E-state index in [9.17, 15) is 18.0 Å². The zero-order chi connectivity index (χ0) is 21.0. The number of amides is 2. The number of hydrogen-bond acceptors (Lipinski definition) is 4. The van der Waals surface area contributed by atoms with Crippen LogP contribution in [-0.2, 0) is 12.6 Å². The molecule has 1 aromatic heterocycles. The fourth-order valence-corrected chi connectivity index (χ4v) is 4.19. The summed E-state index contributed by atoms with van der Waals surface area (Å²) in [7, 11) is 0. The molecule has 2 amide bonds. The summed E-state index contributed by atoms with van der Waals surface area (Å²) in [6.07, 6.45) is -3.00. The topological polar surface area (TPSA) is 48.5 Å². The molecule has 2 aromatic rings. The smallest absolute Gasteiger partial charge is 0.346 e. The summed E-state index contributed by atoms with van der Waals surface area (Å²) in [5.41, 5.74) is 1.09. The van der Waals surface area contributed by atoms with Gasteiger partial charge in [0.2, 0.25) is 0 Å². The highest BCUT2D eigenvalue weighted by atomic mass is 32.1. The Morgan fingerprint density at radius 3 is 2.55 bits per heavy atom. The number of anilines is 1. The first-order valence-electron chi connectivity index (χ1n) is 9.61. The summed E-state index contributed by atoms with van der Waals surface area (Å²) in [6, 6.07) is 4.76. The van der Waals surface area contributed by atoms with Crippen molar-refractivity contribution < 1.29 is 18.0 Å². The lowest BCUT2D eigenvalue weighted by Gasteiger charge is -2.24. The molecule has 0 bridgehead atoms. The van der Waals surface area contributed by atoms with E-state index in [1.807, 2.05) is 19.2 Å². The normalized spacial score (nSPS) is 16.4. The Balaban J connectivity index is 1.50. The predicted octanol–water partition coefficient (Wildman–Crippen LogP) is 4.32. The van der Waals surface area contributed by atoms with Gasteiger partial charge in [-0.25, -0.2) is 9.78 Å². The molecule has 1 saturated heterocycles. The number of thiazole rings is 1. The first kappa shape index (κ1) is 21.4. The van der Waals surface area contributed by atoms with Gasteiger partial charge in [-0.15, -0.1) is 11.3 Å². The molecule has 1 atom stereocenters. The van der Waals surface area contributed by atoms with Crippen LogP contribution in [0.2, 0.25) is 0 Å². The van der Waals surface area contributed by atoms with Crippen LogP contribution in [0.4, 0.5) is 23.1 Å². The van der Waals surface area contributed by atoms with Gasteiger partial charge in [0.15, 0.2) is 5.13 Å². The van der Waals surface area contributed by atoms with Crippen LogP contribution in [0, 0.1) is 6.92 Å². The third kappa shape index (κ3) is 5.85. The van der Waals surface area contributed by atoms with Crippen molar-refractivity contribution in [1.29, 1.82) is 0 Å². The first-order valence-corrected chi connectivity index (χ1v) is 10.5. The molecule has 158 valence electrons. The maximum atomic E-state index is 12.7. The second-order valence-electron chi connectivity index (χ2n) is 7.35. The molecule has 5 nitrogen and oxygen atoms in total. The van der Waals surface area contributed by atoms with E-state index in [-0.39, 0.29) is 12.1 Å². The highest BCUT2D eigenvalue weighted by molar-refractivity contribution is 7.13. The minimum absolute atomic E-state index is 0.137. The highest BCUT2D eigenvalue weighted by Gasteiger charge is 2.30. The van der Waals surface area contributed by atoms with Gasteiger partial charge in [0.05, 0.1) is 11.3 Å². The summed E-state index contributed by atoms with van der Waals surface area (Å²) in [6.45, 7) is 6.69. The van der Waals surface area contributed by atoms with Crippen LogP contribution in [0.15, 0.2) is 29.6 Å². The van der Waals surface area contributed by atoms with Crippen molar-refractivity contribution in [3.63, 3.8) is 0 Å². The van der Waals surface area contributed by atoms with Crippen molar-refractivity contribution in [2.24, 2.45) is 0 Å². The van der Waals surface area contributed by atoms with E-state index < -0.39 is 11.7 Å². The maximum Gasteiger partial charge on any atom is 0.416 e. The van der Waals surface area contributed by atoms with Crippen molar-refractivity contribution in [2.75, 3.05) is 31.1 Å². The SMILES string of the molecule is Cc1csc(N2CCCN(C(=O)NC(C)Cc3ccc(C(F)(F)F)cc3)CC2)n1. The molecule has 29 heavy (non-hydrogen) atoms. The third-order valence-corrected chi connectivity index (χ3v) is 5.87. The lowest BCUT2D eigenvalue weighted by Crippen LogP contribution is -2.46. The monoisotopic (exact) mass is 426 g/mol. The van der Waals surface area contributed by atoms with Crippen LogP contribution in [0.3, 0.4) is 0 Å². The Morgan fingerprint density at radius 1 is 1.21 bits per heavy atom. The summed E-state index contributed by atoms with van der Waals surface area (Å²) >= 11 is 1.61. The van der Waals surface area contributed by atoms with Crippen molar-refractivity contribution >= 4 is 22.5 Å². The van der Waals surface area contributed by atoms with Crippen molar-refractivity contribution in [2.45, 2.75) is 38.9 Å². The largest absolute Gasteiger partial charge is 0.416 e. The molecule has 1 aromatic carbocycles. The summed E-state index contributed by atoms with van der Waals surface area (Å²) in [4.78, 5) is 21.1. The minimum atomic E-state index is -4.34. The molecule has 1 aliphatic rings. The summed E-state index contributed by atoms with van der Waals surface area (Å²) < 4.78 is 38.0. The van der Waals surface area contributed by atoms with Crippen LogP contribution >= 0.6 is 11.3 Å². The number of nitrogens with zero attached hydrogens (tertiary/aromatic N) is 3. The van der Waals surface area contributed by atoms with Crippen LogP contribution < -0.4 is 10.2 Å². The number of nitrogens with one attached hydrogen (secondary N) is 1. The maximum absolute atomic E-state index is 12.7. The Morgan fingerprint density at radius 2 is 1.93 bits per heavy atom. The zero-order valence-electron chi connectivity index (χ0n) is 16.5. The Labute approximate surface area is 172 Å². The Bertz CT molecular complexity index is 822. The standard InChI is InChI=1S/C20H25F3N4OS/c1-14(12-16-4-6-17(7-5-16)20(21,22)23)24-18(28)26-8-3-9-27(11-10-26)19-25-15(2)13-29-19/h4-7,13-14H,3,8-12H2,1-2H3,(H,24,28). The molecule has 2 heterocycles. The highest BCUT2D eigenvalue weighted by Crippen LogP contribution is 2.29. The average molecular weight is 427 g/mol. The second kappa shape index (κ2) is 9.02. The number of aryl methyl sites for hydroxylation is 1. The molecular weight excluding hydrogens is 401 g/mol. The molecule has 3 rings (SSSR count). The molecule has 0 saturated carbocycles. The number of hydrogen-bond donors (Lipinski definition) is 1. The Hall–Kier alpha value is -2.29. The first-order chi connectivity index (χ1) is 13.7. The van der Waals surface area contributed by atoms with E-state index >= 15 is 0 Å². The molecule has 0 radical (unpaired) electrons. The van der Waals surface area contributed by atoms with Gasteiger partial charge < -0.3 is 15.1 Å². The van der Waals surface area contributed by atoms with Gasteiger partial charge in [0, 0.05) is 37.6 Å². The molecule has 0 spiro atoms. The van der Waals surface area contributed by atoms with Crippen LogP contribution in [-0.4, -0.2) is 48.1 Å². The average Bonchev–Trinajstić information content (AvgIpc) is 2.93. The molecule has 1 N–H and O–H groups in total. The molecule has 1 unspecified atom stereocenters. The summed E-state index contributed by atoms with van der Waals surface area (Å²) in [5.74, 6) is 0. The van der Waals surface area contributed by atoms with Crippen LogP contribution in [0.5, 0.6) is 0 Å². The van der Waals surface area contributed by atoms with Gasteiger partial charge in [-0.3, -0.25) is 0 Å². The molecule has 1 fully saturated rings. The molecule has 1 aliphatic heterocycles. The zero-order valence-corrected chi connectivity index (χ0v) is 17.3. The van der Waals surface area contributed by atoms with Crippen molar-refractivity contribution in [1.82, 2.24) is 15.2 Å². The van der Waals surface area contributed by atoms with E-state index in [0.29, 0.717) is 19.5 Å². The number of urea groups is 1. The number of carbonyl (C=O) groups excluding carboxylic acids is 1. The van der Waals surface area contributed by atoms with Crippen molar-refractivity contribution in [3.8, 4) is 0 Å². The number of aromatic nitrogens is 1.